The van der Waals surface area contributed by atoms with Crippen LogP contribution in [0.1, 0.15) is 83.1 Å². The van der Waals surface area contributed by atoms with Gasteiger partial charge in [-0.3, -0.25) is 0 Å². The van der Waals surface area contributed by atoms with Gasteiger partial charge in [0.2, 0.25) is 0 Å². The molecule has 0 radical (unpaired) electrons. The summed E-state index contributed by atoms with van der Waals surface area (Å²) in [4.78, 5) is 0. The predicted molar refractivity (Wildman–Crippen MR) is 96.0 cm³/mol. The van der Waals surface area contributed by atoms with Crippen LogP contribution in [0.15, 0.2) is 18.2 Å². The molecule has 1 atom stereocenters. The Kier molecular flexibility index (Phi) is 5.94. The molecule has 0 heterocycles. The Hall–Kier alpha value is -0.920. The van der Waals surface area contributed by atoms with Crippen LogP contribution in [-0.4, -0.2) is 0 Å². The van der Waals surface area contributed by atoms with Gasteiger partial charge in [-0.2, -0.15) is 0 Å². The Bertz CT molecular complexity index is 503. The van der Waals surface area contributed by atoms with Crippen molar-refractivity contribution in [2.75, 3.05) is 0 Å². The minimum absolute atomic E-state index is 0.342. The van der Waals surface area contributed by atoms with E-state index in [4.69, 9.17) is 0 Å². The van der Waals surface area contributed by atoms with Gasteiger partial charge in [0.05, 0.1) is 0 Å². The third-order valence-electron chi connectivity index (χ3n) is 7.08. The third kappa shape index (κ3) is 4.18. The van der Waals surface area contributed by atoms with E-state index in [1.807, 2.05) is 0 Å². The molecule has 24 heavy (non-hydrogen) atoms. The standard InChI is InChI=1S/C22H32F2/c1-3-16-4-6-17(7-5-16)15(2)18-8-10-19(11-9-18)20-12-21(23)14-22(24)13-20/h12-19H,3-11H2,1-2H3/t15?,16?,17?,18-,19-. The van der Waals surface area contributed by atoms with E-state index >= 15 is 0 Å². The molecule has 1 aromatic rings. The summed E-state index contributed by atoms with van der Waals surface area (Å²) in [5, 5.41) is 0. The molecule has 0 nitrogen and oxygen atoms in total. The molecule has 2 aliphatic carbocycles. The minimum Gasteiger partial charge on any atom is -0.207 e. The molecule has 2 heteroatoms. The SMILES string of the molecule is CCC1CCC(C(C)[C@H]2CC[C@H](c3cc(F)cc(F)c3)CC2)CC1. The van der Waals surface area contributed by atoms with Crippen molar-refractivity contribution in [3.05, 3.63) is 35.4 Å². The topological polar surface area (TPSA) is 0 Å². The summed E-state index contributed by atoms with van der Waals surface area (Å²) in [7, 11) is 0. The molecular weight excluding hydrogens is 302 g/mol. The Morgan fingerprint density at radius 3 is 1.83 bits per heavy atom. The first-order valence-electron chi connectivity index (χ1n) is 10.0. The Balaban J connectivity index is 1.53. The molecule has 0 spiro atoms. The van der Waals surface area contributed by atoms with E-state index in [9.17, 15) is 8.78 Å². The van der Waals surface area contributed by atoms with E-state index in [1.54, 1.807) is 0 Å². The van der Waals surface area contributed by atoms with Gasteiger partial charge < -0.3 is 0 Å². The number of rotatable bonds is 4. The molecule has 2 fully saturated rings. The van der Waals surface area contributed by atoms with Gasteiger partial charge in [0, 0.05) is 6.07 Å². The van der Waals surface area contributed by atoms with Crippen molar-refractivity contribution in [1.29, 1.82) is 0 Å². The van der Waals surface area contributed by atoms with Gasteiger partial charge in [0.1, 0.15) is 11.6 Å². The van der Waals surface area contributed by atoms with E-state index in [2.05, 4.69) is 13.8 Å². The second-order valence-corrected chi connectivity index (χ2v) is 8.36. The van der Waals surface area contributed by atoms with E-state index in [0.717, 1.165) is 48.1 Å². The zero-order valence-corrected chi connectivity index (χ0v) is 15.2. The maximum atomic E-state index is 13.5. The number of hydrogen-bond donors (Lipinski definition) is 0. The summed E-state index contributed by atoms with van der Waals surface area (Å²) in [6.07, 6.45) is 11.6. The quantitative estimate of drug-likeness (QED) is 0.551. The predicted octanol–water partition coefficient (Wildman–Crippen LogP) is 7.09. The average Bonchev–Trinajstić information content (AvgIpc) is 2.60. The van der Waals surface area contributed by atoms with Crippen LogP contribution in [-0.2, 0) is 0 Å². The van der Waals surface area contributed by atoms with Gasteiger partial charge in [-0.15, -0.1) is 0 Å². The molecule has 3 rings (SSSR count). The highest BCUT2D eigenvalue weighted by molar-refractivity contribution is 5.22. The zero-order chi connectivity index (χ0) is 17.1. The van der Waals surface area contributed by atoms with Gasteiger partial charge in [-0.05, 0) is 85.8 Å². The monoisotopic (exact) mass is 334 g/mol. The Morgan fingerprint density at radius 2 is 1.33 bits per heavy atom. The van der Waals surface area contributed by atoms with Crippen LogP contribution >= 0.6 is 0 Å². The van der Waals surface area contributed by atoms with E-state index in [0.29, 0.717) is 5.92 Å². The fourth-order valence-electron chi connectivity index (χ4n) is 5.30. The van der Waals surface area contributed by atoms with Crippen LogP contribution in [0.2, 0.25) is 0 Å². The molecule has 2 aliphatic rings. The molecule has 0 bridgehead atoms. The maximum Gasteiger partial charge on any atom is 0.126 e. The number of benzene rings is 1. The van der Waals surface area contributed by atoms with Gasteiger partial charge in [-0.1, -0.05) is 33.1 Å². The summed E-state index contributed by atoms with van der Waals surface area (Å²) in [6, 6.07) is 4.04. The zero-order valence-electron chi connectivity index (χ0n) is 15.2. The lowest BCUT2D eigenvalue weighted by molar-refractivity contribution is 0.133. The van der Waals surface area contributed by atoms with Crippen molar-refractivity contribution in [1.82, 2.24) is 0 Å². The van der Waals surface area contributed by atoms with Gasteiger partial charge in [0.15, 0.2) is 0 Å². The Labute approximate surface area is 146 Å². The van der Waals surface area contributed by atoms with Crippen molar-refractivity contribution in [2.24, 2.45) is 23.7 Å². The second-order valence-electron chi connectivity index (χ2n) is 8.36. The highest BCUT2D eigenvalue weighted by Crippen LogP contribution is 2.44. The van der Waals surface area contributed by atoms with E-state index < -0.39 is 11.6 Å². The van der Waals surface area contributed by atoms with Crippen LogP contribution < -0.4 is 0 Å². The normalized spacial score (nSPS) is 32.5. The van der Waals surface area contributed by atoms with Crippen LogP contribution in [0.5, 0.6) is 0 Å². The summed E-state index contributed by atoms with van der Waals surface area (Å²) in [5.74, 6) is 2.96. The van der Waals surface area contributed by atoms with Crippen molar-refractivity contribution in [3.8, 4) is 0 Å². The highest BCUT2D eigenvalue weighted by atomic mass is 19.1. The lowest BCUT2D eigenvalue weighted by atomic mass is 9.67. The number of halogens is 2. The average molecular weight is 334 g/mol. The summed E-state index contributed by atoms with van der Waals surface area (Å²) in [5.41, 5.74) is 0.863. The molecule has 0 aromatic heterocycles. The third-order valence-corrected chi connectivity index (χ3v) is 7.08. The molecule has 0 amide bonds. The lowest BCUT2D eigenvalue weighted by Crippen LogP contribution is -2.28. The first kappa shape index (κ1) is 17.9. The summed E-state index contributed by atoms with van der Waals surface area (Å²) >= 11 is 0. The molecule has 0 saturated heterocycles. The van der Waals surface area contributed by atoms with Crippen molar-refractivity contribution in [2.45, 2.75) is 77.6 Å². The minimum atomic E-state index is -0.437. The van der Waals surface area contributed by atoms with Gasteiger partial charge in [-0.25, -0.2) is 8.78 Å². The first-order chi connectivity index (χ1) is 11.6. The largest absolute Gasteiger partial charge is 0.207 e. The highest BCUT2D eigenvalue weighted by Gasteiger charge is 2.32. The van der Waals surface area contributed by atoms with Crippen LogP contribution in [0.3, 0.4) is 0 Å². The number of hydrogen-bond acceptors (Lipinski definition) is 0. The molecular formula is C22H32F2. The summed E-state index contributed by atoms with van der Waals surface area (Å²) in [6.45, 7) is 4.79. The van der Waals surface area contributed by atoms with Crippen molar-refractivity contribution < 1.29 is 8.78 Å². The van der Waals surface area contributed by atoms with Gasteiger partial charge in [0.25, 0.3) is 0 Å². The second kappa shape index (κ2) is 7.97. The fourth-order valence-corrected chi connectivity index (χ4v) is 5.30. The fraction of sp³-hybridized carbons (Fsp3) is 0.727. The van der Waals surface area contributed by atoms with Gasteiger partial charge >= 0.3 is 0 Å². The Morgan fingerprint density at radius 1 is 0.833 bits per heavy atom. The smallest absolute Gasteiger partial charge is 0.126 e. The molecule has 0 aliphatic heterocycles. The van der Waals surface area contributed by atoms with Crippen molar-refractivity contribution >= 4 is 0 Å². The van der Waals surface area contributed by atoms with Crippen molar-refractivity contribution in [3.63, 3.8) is 0 Å². The van der Waals surface area contributed by atoms with Crippen LogP contribution in [0.4, 0.5) is 8.78 Å². The maximum absolute atomic E-state index is 13.5. The molecule has 0 N–H and O–H groups in total. The van der Waals surface area contributed by atoms with Crippen LogP contribution in [0.25, 0.3) is 0 Å². The molecule has 1 unspecified atom stereocenters. The molecule has 1 aromatic carbocycles. The molecule has 2 saturated carbocycles. The summed E-state index contributed by atoms with van der Waals surface area (Å²) < 4.78 is 26.9. The van der Waals surface area contributed by atoms with Crippen LogP contribution in [0, 0.1) is 35.3 Å². The van der Waals surface area contributed by atoms with E-state index in [1.165, 1.54) is 57.1 Å². The molecule has 134 valence electrons. The first-order valence-corrected chi connectivity index (χ1v) is 10.0. The lowest BCUT2D eigenvalue weighted by Gasteiger charge is -2.39. The van der Waals surface area contributed by atoms with E-state index in [-0.39, 0.29) is 0 Å².